The van der Waals surface area contributed by atoms with Crippen molar-refractivity contribution in [1.29, 1.82) is 0 Å². The van der Waals surface area contributed by atoms with Crippen LogP contribution in [0.2, 0.25) is 0 Å². The Labute approximate surface area is 541 Å². The minimum Gasteiger partial charge on any atom is -0.309 e. The van der Waals surface area contributed by atoms with Gasteiger partial charge in [0.05, 0.1) is 44.1 Å². The Bertz CT molecular complexity index is 5860. The van der Waals surface area contributed by atoms with Crippen LogP contribution in [0, 0.1) is 0 Å². The lowest BCUT2D eigenvalue weighted by Crippen LogP contribution is -2.10. The van der Waals surface area contributed by atoms with Gasteiger partial charge in [-0.1, -0.05) is 224 Å². The first-order valence-electron chi connectivity index (χ1n) is 32.0. The van der Waals surface area contributed by atoms with Crippen LogP contribution in [0.5, 0.6) is 0 Å². The highest BCUT2D eigenvalue weighted by Crippen LogP contribution is 2.45. The van der Waals surface area contributed by atoms with Crippen LogP contribution < -0.4 is 0 Å². The molecule has 0 amide bonds. The summed E-state index contributed by atoms with van der Waals surface area (Å²) in [6.45, 7) is 0. The molecule has 0 atom stereocenters. The van der Waals surface area contributed by atoms with E-state index < -0.39 is 0 Å². The molecular weight excluding hydrogens is 1140 g/mol. The monoisotopic (exact) mass is 1200 g/mol. The van der Waals surface area contributed by atoms with E-state index in [0.717, 1.165) is 116 Å². The number of aromatic nitrogens is 7. The van der Waals surface area contributed by atoms with E-state index in [1.807, 2.05) is 0 Å². The fraction of sp³-hybridized carbons (Fsp3) is 0. The maximum absolute atomic E-state index is 5.69. The van der Waals surface area contributed by atoms with Crippen molar-refractivity contribution < 1.29 is 0 Å². The number of hydrogen-bond acceptors (Lipinski definition) is 3. The number of rotatable bonds is 10. The van der Waals surface area contributed by atoms with E-state index in [1.54, 1.807) is 0 Å². The molecule has 7 heteroatoms. The quantitative estimate of drug-likeness (QED) is 0.137. The van der Waals surface area contributed by atoms with E-state index in [1.165, 1.54) is 43.7 Å². The topological polar surface area (TPSA) is 58.4 Å². The van der Waals surface area contributed by atoms with Crippen molar-refractivity contribution in [2.24, 2.45) is 0 Å². The van der Waals surface area contributed by atoms with Crippen molar-refractivity contribution in [3.8, 4) is 90.3 Å². The first-order valence-corrected chi connectivity index (χ1v) is 32.0. The second kappa shape index (κ2) is 21.5. The van der Waals surface area contributed by atoms with Crippen molar-refractivity contribution >= 4 is 87.2 Å². The Kier molecular flexibility index (Phi) is 12.1. The Morgan fingerprint density at radius 1 is 0.181 bits per heavy atom. The molecule has 7 nitrogen and oxygen atoms in total. The van der Waals surface area contributed by atoms with Crippen molar-refractivity contribution in [3.63, 3.8) is 0 Å². The van der Waals surface area contributed by atoms with Crippen LogP contribution in [0.4, 0.5) is 0 Å². The van der Waals surface area contributed by atoms with E-state index in [9.17, 15) is 0 Å². The molecule has 14 aromatic carbocycles. The molecule has 0 saturated heterocycles. The molecule has 0 aliphatic heterocycles. The smallest absolute Gasteiger partial charge is 0.240 e. The lowest BCUT2D eigenvalue weighted by atomic mass is 9.93. The summed E-state index contributed by atoms with van der Waals surface area (Å²) in [6, 6.07) is 120. The Morgan fingerprint density at radius 3 is 0.968 bits per heavy atom. The van der Waals surface area contributed by atoms with Crippen molar-refractivity contribution in [2.45, 2.75) is 0 Å². The van der Waals surface area contributed by atoms with Gasteiger partial charge < -0.3 is 9.13 Å². The predicted molar refractivity (Wildman–Crippen MR) is 390 cm³/mol. The van der Waals surface area contributed by atoms with E-state index in [2.05, 4.69) is 352 Å². The summed E-state index contributed by atoms with van der Waals surface area (Å²) in [4.78, 5) is 16.9. The molecule has 0 bridgehead atoms. The third-order valence-corrected chi connectivity index (χ3v) is 19.0. The number of para-hydroxylation sites is 6. The molecule has 0 N–H and O–H groups in total. The fourth-order valence-corrected chi connectivity index (χ4v) is 14.9. The van der Waals surface area contributed by atoms with E-state index >= 15 is 0 Å². The van der Waals surface area contributed by atoms with Gasteiger partial charge in [0.1, 0.15) is 0 Å². The summed E-state index contributed by atoms with van der Waals surface area (Å²) >= 11 is 0. The molecule has 5 heterocycles. The fourth-order valence-electron chi connectivity index (χ4n) is 14.9. The van der Waals surface area contributed by atoms with Gasteiger partial charge in [-0.15, -0.1) is 0 Å². The SMILES string of the molecule is c1ccc(-c2cc(-c3ccccc3)cc(-c3cccc(-c4nc(-n5c6ccccc6c6cc(-c7cccc8c7c7ccccc7n8-c7ccccc7)ccc65)nc(-n5c6ccccc6c6cc(-c7cccc8c7c7ccccc7n8-c7ccccc7)ccc65)n4)c3)c2)cc1. The highest BCUT2D eigenvalue weighted by atomic mass is 15.3. The standard InChI is InChI=1S/C87H55N7/c1-5-24-56(25-6-1)62-51-63(57-26-7-2-8-27-57)53-64(52-62)58-28-21-29-61(50-58)85-88-86(93-75-40-17-13-34-69(75)73-54-59(46-48-79(73)93)67-38-22-44-81-83(67)71-36-15-19-42-77(71)91(81)65-30-9-3-10-31-65)90-87(89-85)94-76-41-18-14-35-70(76)74-55-60(47-49-80(74)94)68-39-23-45-82-84(68)72-37-16-20-43-78(72)92(82)66-32-11-4-12-33-66/h1-55H. The average Bonchev–Trinajstić information content (AvgIpc) is 1.59. The zero-order valence-electron chi connectivity index (χ0n) is 50.9. The van der Waals surface area contributed by atoms with E-state index in [0.29, 0.717) is 17.7 Å². The van der Waals surface area contributed by atoms with Gasteiger partial charge in [-0.2, -0.15) is 15.0 Å². The summed E-state index contributed by atoms with van der Waals surface area (Å²) in [5, 5.41) is 9.24. The second-order valence-electron chi connectivity index (χ2n) is 24.3. The van der Waals surface area contributed by atoms with Crippen molar-refractivity contribution in [1.82, 2.24) is 33.2 Å². The summed E-state index contributed by atoms with van der Waals surface area (Å²) in [5.74, 6) is 1.58. The molecule has 0 spiro atoms. The third kappa shape index (κ3) is 8.49. The van der Waals surface area contributed by atoms with Gasteiger partial charge in [0.25, 0.3) is 0 Å². The Balaban J connectivity index is 0.826. The first kappa shape index (κ1) is 53.2. The highest BCUT2D eigenvalue weighted by molar-refractivity contribution is 6.19. The summed E-state index contributed by atoms with van der Waals surface area (Å²) < 4.78 is 9.25. The van der Waals surface area contributed by atoms with Crippen LogP contribution >= 0.6 is 0 Å². The zero-order valence-corrected chi connectivity index (χ0v) is 50.9. The summed E-state index contributed by atoms with van der Waals surface area (Å²) in [6.07, 6.45) is 0. The molecule has 0 radical (unpaired) electrons. The summed E-state index contributed by atoms with van der Waals surface area (Å²) in [7, 11) is 0. The van der Waals surface area contributed by atoms with Gasteiger partial charge in [-0.3, -0.25) is 9.13 Å². The molecule has 438 valence electrons. The highest BCUT2D eigenvalue weighted by Gasteiger charge is 2.24. The first-order chi connectivity index (χ1) is 46.6. The average molecular weight is 1200 g/mol. The van der Waals surface area contributed by atoms with Crippen LogP contribution in [0.1, 0.15) is 0 Å². The third-order valence-electron chi connectivity index (χ3n) is 19.0. The van der Waals surface area contributed by atoms with Crippen LogP contribution in [0.3, 0.4) is 0 Å². The number of hydrogen-bond donors (Lipinski definition) is 0. The lowest BCUT2D eigenvalue weighted by Gasteiger charge is -2.14. The molecular formula is C87H55N7. The molecule has 19 rings (SSSR count). The van der Waals surface area contributed by atoms with E-state index in [-0.39, 0.29) is 0 Å². The van der Waals surface area contributed by atoms with Gasteiger partial charge >= 0.3 is 0 Å². The number of nitrogens with zero attached hydrogens (tertiary/aromatic N) is 7. The van der Waals surface area contributed by atoms with Gasteiger partial charge in [0.2, 0.25) is 11.9 Å². The number of fused-ring (bicyclic) bond motifs is 12. The minimum atomic E-state index is 0.513. The lowest BCUT2D eigenvalue weighted by molar-refractivity contribution is 0.893. The van der Waals surface area contributed by atoms with Crippen LogP contribution in [0.15, 0.2) is 334 Å². The molecule has 0 aliphatic rings. The molecule has 0 fully saturated rings. The maximum atomic E-state index is 5.69. The van der Waals surface area contributed by atoms with Gasteiger partial charge in [-0.05, 0) is 165 Å². The van der Waals surface area contributed by atoms with Gasteiger partial charge in [0, 0.05) is 60.0 Å². The van der Waals surface area contributed by atoms with Crippen LogP contribution in [0.25, 0.3) is 178 Å². The largest absolute Gasteiger partial charge is 0.309 e. The van der Waals surface area contributed by atoms with Crippen molar-refractivity contribution in [2.75, 3.05) is 0 Å². The predicted octanol–water partition coefficient (Wildman–Crippen LogP) is 22.3. The van der Waals surface area contributed by atoms with Gasteiger partial charge in [-0.25, -0.2) is 0 Å². The molecule has 0 aliphatic carbocycles. The summed E-state index contributed by atoms with van der Waals surface area (Å²) in [5.41, 5.74) is 23.1. The van der Waals surface area contributed by atoms with Crippen LogP contribution in [-0.4, -0.2) is 33.2 Å². The zero-order chi connectivity index (χ0) is 61.8. The Morgan fingerprint density at radius 2 is 0.511 bits per heavy atom. The second-order valence-corrected chi connectivity index (χ2v) is 24.3. The maximum Gasteiger partial charge on any atom is 0.240 e. The molecule has 19 aromatic rings. The minimum absolute atomic E-state index is 0.513. The Hall–Kier alpha value is -12.7. The van der Waals surface area contributed by atoms with Crippen LogP contribution in [-0.2, 0) is 0 Å². The molecule has 94 heavy (non-hydrogen) atoms. The molecule has 0 unspecified atom stereocenters. The molecule has 0 saturated carbocycles. The number of benzene rings is 14. The van der Waals surface area contributed by atoms with Crippen molar-refractivity contribution in [3.05, 3.63) is 334 Å². The van der Waals surface area contributed by atoms with E-state index in [4.69, 9.17) is 15.0 Å². The van der Waals surface area contributed by atoms with Gasteiger partial charge in [0.15, 0.2) is 5.82 Å². The normalized spacial score (nSPS) is 11.8. The molecule has 5 aromatic heterocycles.